The second-order valence-electron chi connectivity index (χ2n) is 10.4. The first-order chi connectivity index (χ1) is 20.3. The Labute approximate surface area is 239 Å². The number of nitrogens with one attached hydrogen (secondary N) is 2. The van der Waals surface area contributed by atoms with Gasteiger partial charge >= 0.3 is 0 Å². The summed E-state index contributed by atoms with van der Waals surface area (Å²) < 4.78 is 25.5. The third kappa shape index (κ3) is 4.29. The molecule has 0 radical (unpaired) electrons. The predicted molar refractivity (Wildman–Crippen MR) is 157 cm³/mol. The van der Waals surface area contributed by atoms with Crippen LogP contribution in [0.4, 0.5) is 10.1 Å². The van der Waals surface area contributed by atoms with Gasteiger partial charge in [0.25, 0.3) is 11.5 Å². The van der Waals surface area contributed by atoms with Crippen LogP contribution in [-0.4, -0.2) is 30.1 Å². The van der Waals surface area contributed by atoms with E-state index < -0.39 is 22.8 Å². The highest BCUT2D eigenvalue weighted by Gasteiger charge is 2.36. The van der Waals surface area contributed by atoms with Crippen LogP contribution >= 0.6 is 0 Å². The van der Waals surface area contributed by atoms with Gasteiger partial charge in [0.15, 0.2) is 6.19 Å². The summed E-state index contributed by atoms with van der Waals surface area (Å²) in [5, 5.41) is 24.0. The number of hydrogen-bond acceptors (Lipinski definition) is 7. The van der Waals surface area contributed by atoms with Crippen molar-refractivity contribution in [2.75, 3.05) is 18.6 Å². The van der Waals surface area contributed by atoms with Crippen LogP contribution in [0.15, 0.2) is 57.7 Å². The molecule has 0 aliphatic heterocycles. The Morgan fingerprint density at radius 3 is 2.62 bits per heavy atom. The van der Waals surface area contributed by atoms with Crippen LogP contribution in [0.3, 0.4) is 0 Å². The number of fused-ring (bicyclic) bond motifs is 5. The molecule has 6 rings (SSSR count). The summed E-state index contributed by atoms with van der Waals surface area (Å²) in [6.07, 6.45) is 5.06. The van der Waals surface area contributed by atoms with E-state index in [2.05, 4.69) is 22.6 Å². The van der Waals surface area contributed by atoms with Crippen molar-refractivity contribution in [3.05, 3.63) is 70.3 Å². The van der Waals surface area contributed by atoms with E-state index in [4.69, 9.17) is 9.15 Å². The van der Waals surface area contributed by atoms with Gasteiger partial charge in [-0.2, -0.15) is 10.5 Å². The number of methoxy groups -OCH3 is 1. The fourth-order valence-electron chi connectivity index (χ4n) is 5.88. The van der Waals surface area contributed by atoms with E-state index in [-0.39, 0.29) is 5.56 Å². The number of carbonyl (C=O) groups excluding carboxylic acids is 1. The van der Waals surface area contributed by atoms with Gasteiger partial charge in [-0.15, -0.1) is 0 Å². The lowest BCUT2D eigenvalue weighted by Gasteiger charge is -2.23. The van der Waals surface area contributed by atoms with Crippen molar-refractivity contribution >= 4 is 44.4 Å². The molecule has 1 amide bonds. The Balaban J connectivity index is 1.58. The van der Waals surface area contributed by atoms with Crippen molar-refractivity contribution in [1.82, 2.24) is 10.3 Å². The van der Waals surface area contributed by atoms with E-state index in [1.165, 1.54) is 24.1 Å². The predicted octanol–water partition coefficient (Wildman–Crippen LogP) is 6.12. The molecule has 2 aromatic heterocycles. The number of anilines is 1. The average molecular weight is 564 g/mol. The van der Waals surface area contributed by atoms with Crippen LogP contribution in [0.1, 0.15) is 43.0 Å². The Morgan fingerprint density at radius 1 is 1.14 bits per heavy atom. The molecular weight excluding hydrogens is 537 g/mol. The molecule has 3 aromatic carbocycles. The number of pyridine rings is 1. The number of rotatable bonds is 6. The SMILES string of the molecule is CCN(C#N)c1cc2oc3c4ccc(F)cc4[nH]c(=O)c3c2cc1-c1ccc(OC)c(C(=O)NC2(C#N)CCCC2)c1. The molecule has 0 spiro atoms. The molecule has 0 atom stereocenters. The van der Waals surface area contributed by atoms with E-state index in [0.29, 0.717) is 74.8 Å². The first-order valence-corrected chi connectivity index (χ1v) is 13.6. The summed E-state index contributed by atoms with van der Waals surface area (Å²) in [6.45, 7) is 2.19. The lowest BCUT2D eigenvalue weighted by Crippen LogP contribution is -2.45. The summed E-state index contributed by atoms with van der Waals surface area (Å²) in [6, 6.07) is 14.9. The molecule has 1 fully saturated rings. The van der Waals surface area contributed by atoms with Gasteiger partial charge in [0, 0.05) is 28.9 Å². The molecule has 5 aromatic rings. The summed E-state index contributed by atoms with van der Waals surface area (Å²) in [5.41, 5.74) is 1.55. The van der Waals surface area contributed by atoms with Crippen LogP contribution < -0.4 is 20.5 Å². The number of nitriles is 2. The second-order valence-corrected chi connectivity index (χ2v) is 10.4. The molecule has 0 saturated heterocycles. The molecular formula is C32H26FN5O4. The minimum atomic E-state index is -0.926. The number of hydrogen-bond donors (Lipinski definition) is 2. The maximum atomic E-state index is 13.9. The fraction of sp³-hybridized carbons (Fsp3) is 0.250. The van der Waals surface area contributed by atoms with Crippen LogP contribution in [0.2, 0.25) is 0 Å². The molecule has 0 unspecified atom stereocenters. The molecule has 0 bridgehead atoms. The van der Waals surface area contributed by atoms with E-state index >= 15 is 0 Å². The number of H-pyrrole nitrogens is 1. The van der Waals surface area contributed by atoms with Crippen LogP contribution in [-0.2, 0) is 0 Å². The first-order valence-electron chi connectivity index (χ1n) is 13.6. The molecule has 9 nitrogen and oxygen atoms in total. The van der Waals surface area contributed by atoms with Gasteiger partial charge in [-0.1, -0.05) is 6.07 Å². The zero-order valence-electron chi connectivity index (χ0n) is 23.0. The van der Waals surface area contributed by atoms with Crippen molar-refractivity contribution in [1.29, 1.82) is 10.5 Å². The highest BCUT2D eigenvalue weighted by atomic mass is 19.1. The van der Waals surface area contributed by atoms with E-state index in [0.717, 1.165) is 12.8 Å². The number of benzene rings is 3. The number of ether oxygens (including phenoxy) is 1. The van der Waals surface area contributed by atoms with Crippen molar-refractivity contribution in [3.8, 4) is 29.1 Å². The first kappa shape index (κ1) is 26.9. The topological polar surface area (TPSA) is 135 Å². The van der Waals surface area contributed by atoms with Crippen molar-refractivity contribution < 1.29 is 18.3 Å². The molecule has 42 heavy (non-hydrogen) atoms. The van der Waals surface area contributed by atoms with E-state index in [9.17, 15) is 24.5 Å². The largest absolute Gasteiger partial charge is 0.496 e. The molecule has 2 N–H and O–H groups in total. The fourth-order valence-corrected chi connectivity index (χ4v) is 5.88. The van der Waals surface area contributed by atoms with Gasteiger partial charge in [0.2, 0.25) is 0 Å². The minimum absolute atomic E-state index is 0.241. The molecule has 1 aliphatic rings. The van der Waals surface area contributed by atoms with Gasteiger partial charge < -0.3 is 19.5 Å². The molecule has 10 heteroatoms. The Morgan fingerprint density at radius 2 is 1.93 bits per heavy atom. The van der Waals surface area contributed by atoms with Crippen molar-refractivity contribution in [3.63, 3.8) is 0 Å². The monoisotopic (exact) mass is 563 g/mol. The summed E-state index contributed by atoms with van der Waals surface area (Å²) >= 11 is 0. The van der Waals surface area contributed by atoms with Crippen LogP contribution in [0, 0.1) is 28.6 Å². The molecule has 1 aliphatic carbocycles. The Hall–Kier alpha value is -5.35. The lowest BCUT2D eigenvalue weighted by molar-refractivity contribution is 0.0917. The summed E-state index contributed by atoms with van der Waals surface area (Å²) in [5.74, 6) is -0.587. The van der Waals surface area contributed by atoms with E-state index in [1.54, 1.807) is 36.4 Å². The summed E-state index contributed by atoms with van der Waals surface area (Å²) in [4.78, 5) is 30.9. The number of amides is 1. The maximum absolute atomic E-state index is 13.9. The zero-order chi connectivity index (χ0) is 29.6. The normalized spacial score (nSPS) is 14.1. The standard InChI is InChI=1S/C32H26FN5O4/c1-3-38(17-35)25-15-27-22(28-29(42-27)20-8-7-19(33)13-24(20)36-31(28)40)14-21(25)18-6-9-26(41-2)23(12-18)30(39)37-32(16-34)10-4-5-11-32/h6-9,12-15H,3-5,10-11H2,1-2H3,(H,36,40)(H,37,39). The van der Waals surface area contributed by atoms with Crippen molar-refractivity contribution in [2.45, 2.75) is 38.1 Å². The van der Waals surface area contributed by atoms with Crippen LogP contribution in [0.25, 0.3) is 44.0 Å². The van der Waals surface area contributed by atoms with Crippen molar-refractivity contribution in [2.24, 2.45) is 0 Å². The van der Waals surface area contributed by atoms with Gasteiger partial charge in [0.1, 0.15) is 28.3 Å². The third-order valence-electron chi connectivity index (χ3n) is 8.01. The van der Waals surface area contributed by atoms with Gasteiger partial charge in [-0.05, 0) is 74.6 Å². The number of carbonyl (C=O) groups is 1. The highest BCUT2D eigenvalue weighted by molar-refractivity contribution is 6.15. The lowest BCUT2D eigenvalue weighted by atomic mass is 9.96. The van der Waals surface area contributed by atoms with Gasteiger partial charge in [0.05, 0.1) is 35.3 Å². The Kier molecular flexibility index (Phi) is 6.55. The second kappa shape index (κ2) is 10.2. The number of nitrogens with zero attached hydrogens (tertiary/aromatic N) is 3. The molecule has 210 valence electrons. The van der Waals surface area contributed by atoms with Crippen LogP contribution in [0.5, 0.6) is 5.75 Å². The number of halogens is 1. The quantitative estimate of drug-likeness (QED) is 0.188. The minimum Gasteiger partial charge on any atom is -0.496 e. The Bertz CT molecular complexity index is 2040. The maximum Gasteiger partial charge on any atom is 0.260 e. The third-order valence-corrected chi connectivity index (χ3v) is 8.01. The average Bonchev–Trinajstić information content (AvgIpc) is 3.62. The number of furan rings is 1. The number of aromatic nitrogens is 1. The number of aromatic amines is 1. The van der Waals surface area contributed by atoms with Gasteiger partial charge in [-0.3, -0.25) is 14.5 Å². The van der Waals surface area contributed by atoms with Gasteiger partial charge in [-0.25, -0.2) is 4.39 Å². The highest BCUT2D eigenvalue weighted by Crippen LogP contribution is 2.41. The zero-order valence-corrected chi connectivity index (χ0v) is 23.0. The molecule has 1 saturated carbocycles. The summed E-state index contributed by atoms with van der Waals surface area (Å²) in [7, 11) is 1.47. The molecule has 2 heterocycles. The smallest absolute Gasteiger partial charge is 0.260 e. The van der Waals surface area contributed by atoms with E-state index in [1.807, 2.05) is 6.92 Å².